The van der Waals surface area contributed by atoms with E-state index in [2.05, 4.69) is 13.8 Å². The molecule has 0 bridgehead atoms. The van der Waals surface area contributed by atoms with Crippen molar-refractivity contribution < 1.29 is 14.7 Å². The van der Waals surface area contributed by atoms with Gasteiger partial charge in [0.2, 0.25) is 6.41 Å². The van der Waals surface area contributed by atoms with Crippen LogP contribution in [0, 0.1) is 5.92 Å². The fourth-order valence-electron chi connectivity index (χ4n) is 2.10. The molecular formula is C15H21NO3. The van der Waals surface area contributed by atoms with Crippen LogP contribution < -0.4 is 0 Å². The lowest BCUT2D eigenvalue weighted by Crippen LogP contribution is -2.32. The maximum atomic E-state index is 11.3. The molecule has 1 N–H and O–H groups in total. The molecule has 1 aromatic rings. The van der Waals surface area contributed by atoms with Gasteiger partial charge in [-0.05, 0) is 30.4 Å². The second-order valence-electron chi connectivity index (χ2n) is 5.02. The van der Waals surface area contributed by atoms with E-state index in [1.807, 2.05) is 12.1 Å². The van der Waals surface area contributed by atoms with Crippen molar-refractivity contribution in [3.8, 4) is 0 Å². The molecule has 0 spiro atoms. The molecule has 0 heterocycles. The van der Waals surface area contributed by atoms with Crippen LogP contribution in [0.5, 0.6) is 0 Å². The Morgan fingerprint density at radius 2 is 1.89 bits per heavy atom. The number of hydrogen-bond acceptors (Lipinski definition) is 2. The van der Waals surface area contributed by atoms with E-state index >= 15 is 0 Å². The van der Waals surface area contributed by atoms with Crippen LogP contribution in [0.4, 0.5) is 0 Å². The minimum absolute atomic E-state index is 0.369. The Balaban J connectivity index is 2.97. The molecule has 0 aromatic heterocycles. The van der Waals surface area contributed by atoms with Crippen LogP contribution >= 0.6 is 0 Å². The standard InChI is InChI=1S/C15H21NO3/c1-4-16(10-17)14(15(18)19)13-7-5-12(6-8-13)9-11(2)3/h5-8,10-11,14H,4,9H2,1-3H3,(H,18,19). The van der Waals surface area contributed by atoms with E-state index in [4.69, 9.17) is 0 Å². The summed E-state index contributed by atoms with van der Waals surface area (Å²) < 4.78 is 0. The van der Waals surface area contributed by atoms with Gasteiger partial charge in [-0.15, -0.1) is 0 Å². The Bertz CT molecular complexity index is 426. The monoisotopic (exact) mass is 263 g/mol. The third-order valence-electron chi connectivity index (χ3n) is 3.01. The van der Waals surface area contributed by atoms with Crippen LogP contribution in [0.25, 0.3) is 0 Å². The zero-order valence-electron chi connectivity index (χ0n) is 11.7. The van der Waals surface area contributed by atoms with Crippen LogP contribution in [-0.2, 0) is 16.0 Å². The predicted molar refractivity (Wildman–Crippen MR) is 73.8 cm³/mol. The first kappa shape index (κ1) is 15.2. The highest BCUT2D eigenvalue weighted by Crippen LogP contribution is 2.21. The van der Waals surface area contributed by atoms with Crippen LogP contribution in [0.1, 0.15) is 37.9 Å². The SMILES string of the molecule is CCN(C=O)C(C(=O)O)c1ccc(CC(C)C)cc1. The third kappa shape index (κ3) is 4.09. The summed E-state index contributed by atoms with van der Waals surface area (Å²) in [4.78, 5) is 23.5. The molecule has 0 aliphatic rings. The van der Waals surface area contributed by atoms with E-state index in [1.54, 1.807) is 19.1 Å². The number of aliphatic carboxylic acids is 1. The molecule has 1 unspecified atom stereocenters. The normalized spacial score (nSPS) is 12.2. The average Bonchev–Trinajstić information content (AvgIpc) is 2.36. The predicted octanol–water partition coefficient (Wildman–Crippen LogP) is 2.49. The second-order valence-corrected chi connectivity index (χ2v) is 5.02. The molecule has 0 aliphatic heterocycles. The third-order valence-corrected chi connectivity index (χ3v) is 3.01. The molecule has 4 nitrogen and oxygen atoms in total. The van der Waals surface area contributed by atoms with Crippen LogP contribution in [0.3, 0.4) is 0 Å². The molecule has 1 rings (SSSR count). The molecular weight excluding hydrogens is 242 g/mol. The summed E-state index contributed by atoms with van der Waals surface area (Å²) >= 11 is 0. The Labute approximate surface area is 114 Å². The maximum Gasteiger partial charge on any atom is 0.331 e. The molecule has 0 saturated heterocycles. The highest BCUT2D eigenvalue weighted by Gasteiger charge is 2.25. The summed E-state index contributed by atoms with van der Waals surface area (Å²) in [6.07, 6.45) is 1.55. The van der Waals surface area contributed by atoms with Crippen molar-refractivity contribution in [3.63, 3.8) is 0 Å². The van der Waals surface area contributed by atoms with Crippen molar-refractivity contribution in [3.05, 3.63) is 35.4 Å². The summed E-state index contributed by atoms with van der Waals surface area (Å²) in [5.41, 5.74) is 1.81. The number of carboxylic acid groups (broad SMARTS) is 1. The lowest BCUT2D eigenvalue weighted by molar-refractivity contribution is -0.146. The molecule has 4 heteroatoms. The number of carbonyl (C=O) groups excluding carboxylic acids is 1. The fraction of sp³-hybridized carbons (Fsp3) is 0.467. The molecule has 1 aromatic carbocycles. The second kappa shape index (κ2) is 6.92. The zero-order valence-corrected chi connectivity index (χ0v) is 11.7. The van der Waals surface area contributed by atoms with Gasteiger partial charge in [-0.3, -0.25) is 4.79 Å². The lowest BCUT2D eigenvalue weighted by Gasteiger charge is -2.24. The maximum absolute atomic E-state index is 11.3. The zero-order chi connectivity index (χ0) is 14.4. The first-order chi connectivity index (χ1) is 8.99. The fourth-order valence-corrected chi connectivity index (χ4v) is 2.10. The van der Waals surface area contributed by atoms with Gasteiger partial charge in [0.05, 0.1) is 0 Å². The van der Waals surface area contributed by atoms with Crippen molar-refractivity contribution in [2.75, 3.05) is 6.54 Å². The molecule has 1 atom stereocenters. The molecule has 1 amide bonds. The molecule has 0 aliphatic carbocycles. The average molecular weight is 263 g/mol. The Morgan fingerprint density at radius 3 is 2.26 bits per heavy atom. The summed E-state index contributed by atoms with van der Waals surface area (Å²) in [7, 11) is 0. The Kier molecular flexibility index (Phi) is 5.55. The van der Waals surface area contributed by atoms with Gasteiger partial charge < -0.3 is 10.0 Å². The topological polar surface area (TPSA) is 57.6 Å². The van der Waals surface area contributed by atoms with Gasteiger partial charge in [0.15, 0.2) is 6.04 Å². The molecule has 0 fully saturated rings. The van der Waals surface area contributed by atoms with Crippen LogP contribution in [0.15, 0.2) is 24.3 Å². The number of amides is 1. The summed E-state index contributed by atoms with van der Waals surface area (Å²) in [6.45, 7) is 6.41. The van der Waals surface area contributed by atoms with Gasteiger partial charge in [0, 0.05) is 6.54 Å². The minimum atomic E-state index is -1.01. The number of hydrogen-bond donors (Lipinski definition) is 1. The minimum Gasteiger partial charge on any atom is -0.479 e. The van der Waals surface area contributed by atoms with E-state index in [0.29, 0.717) is 24.4 Å². The van der Waals surface area contributed by atoms with Gasteiger partial charge in [0.25, 0.3) is 0 Å². The van der Waals surface area contributed by atoms with E-state index in [0.717, 1.165) is 6.42 Å². The summed E-state index contributed by atoms with van der Waals surface area (Å²) in [5, 5.41) is 9.27. The highest BCUT2D eigenvalue weighted by atomic mass is 16.4. The van der Waals surface area contributed by atoms with Crippen LogP contribution in [0.2, 0.25) is 0 Å². The van der Waals surface area contributed by atoms with Gasteiger partial charge in [-0.1, -0.05) is 38.1 Å². The van der Waals surface area contributed by atoms with Crippen molar-refractivity contribution in [1.82, 2.24) is 4.90 Å². The number of carboxylic acids is 1. The van der Waals surface area contributed by atoms with Crippen molar-refractivity contribution in [2.24, 2.45) is 5.92 Å². The number of nitrogens with zero attached hydrogens (tertiary/aromatic N) is 1. The van der Waals surface area contributed by atoms with Crippen molar-refractivity contribution in [2.45, 2.75) is 33.2 Å². The number of rotatable bonds is 7. The Hall–Kier alpha value is -1.84. The number of likely N-dealkylation sites (N-methyl/N-ethyl adjacent to an activating group) is 1. The summed E-state index contributed by atoms with van der Waals surface area (Å²) in [6, 6.07) is 6.55. The molecule has 0 radical (unpaired) electrons. The van der Waals surface area contributed by atoms with Crippen molar-refractivity contribution >= 4 is 12.4 Å². The number of carbonyl (C=O) groups is 2. The molecule has 104 valence electrons. The quantitative estimate of drug-likeness (QED) is 0.769. The summed E-state index contributed by atoms with van der Waals surface area (Å²) in [5.74, 6) is -0.450. The van der Waals surface area contributed by atoms with Gasteiger partial charge in [-0.2, -0.15) is 0 Å². The van der Waals surface area contributed by atoms with Gasteiger partial charge >= 0.3 is 5.97 Å². The van der Waals surface area contributed by atoms with E-state index in [9.17, 15) is 14.7 Å². The highest BCUT2D eigenvalue weighted by molar-refractivity contribution is 5.78. The van der Waals surface area contributed by atoms with Crippen molar-refractivity contribution in [1.29, 1.82) is 0 Å². The van der Waals surface area contributed by atoms with E-state index in [-0.39, 0.29) is 0 Å². The van der Waals surface area contributed by atoms with E-state index in [1.165, 1.54) is 10.5 Å². The smallest absolute Gasteiger partial charge is 0.331 e. The van der Waals surface area contributed by atoms with Gasteiger partial charge in [-0.25, -0.2) is 4.79 Å². The van der Waals surface area contributed by atoms with Gasteiger partial charge in [0.1, 0.15) is 0 Å². The molecule has 19 heavy (non-hydrogen) atoms. The first-order valence-electron chi connectivity index (χ1n) is 6.52. The first-order valence-corrected chi connectivity index (χ1v) is 6.52. The lowest BCUT2D eigenvalue weighted by atomic mass is 9.99. The van der Waals surface area contributed by atoms with Crippen LogP contribution in [-0.4, -0.2) is 28.9 Å². The molecule has 0 saturated carbocycles. The largest absolute Gasteiger partial charge is 0.479 e. The Morgan fingerprint density at radius 1 is 1.32 bits per heavy atom. The number of benzene rings is 1. The van der Waals surface area contributed by atoms with E-state index < -0.39 is 12.0 Å².